The van der Waals surface area contributed by atoms with Gasteiger partial charge in [-0.2, -0.15) is 0 Å². The fourth-order valence-corrected chi connectivity index (χ4v) is 1.92. The molecule has 0 amide bonds. The van der Waals surface area contributed by atoms with Crippen LogP contribution in [0.1, 0.15) is 17.3 Å². The van der Waals surface area contributed by atoms with Gasteiger partial charge in [0.25, 0.3) is 0 Å². The van der Waals surface area contributed by atoms with Crippen molar-refractivity contribution in [3.8, 4) is 0 Å². The zero-order valence-electron chi connectivity index (χ0n) is 10.3. The first kappa shape index (κ1) is 14.0. The van der Waals surface area contributed by atoms with Crippen LogP contribution in [0, 0.1) is 0 Å². The summed E-state index contributed by atoms with van der Waals surface area (Å²) in [6, 6.07) is 8.21. The summed E-state index contributed by atoms with van der Waals surface area (Å²) in [4.78, 5) is 11.9. The number of hydrogen-bond acceptors (Lipinski definition) is 6. The minimum absolute atomic E-state index is 0.301. The monoisotopic (exact) mass is 268 g/mol. The normalized spacial score (nSPS) is 34.8. The summed E-state index contributed by atoms with van der Waals surface area (Å²) < 4.78 is 9.96. The van der Waals surface area contributed by atoms with Crippen molar-refractivity contribution in [2.24, 2.45) is 0 Å². The smallest absolute Gasteiger partial charge is 0.338 e. The molecule has 3 N–H and O–H groups in total. The fourth-order valence-electron chi connectivity index (χ4n) is 1.92. The summed E-state index contributed by atoms with van der Waals surface area (Å²) in [6.07, 6.45) is -6.16. The van der Waals surface area contributed by atoms with Gasteiger partial charge in [-0.05, 0) is 19.1 Å². The van der Waals surface area contributed by atoms with E-state index in [9.17, 15) is 20.1 Å². The first-order chi connectivity index (χ1) is 9.00. The van der Waals surface area contributed by atoms with Crippen LogP contribution in [0.5, 0.6) is 0 Å². The van der Waals surface area contributed by atoms with E-state index < -0.39 is 36.7 Å². The van der Waals surface area contributed by atoms with Crippen LogP contribution < -0.4 is 0 Å². The van der Waals surface area contributed by atoms with Crippen molar-refractivity contribution in [3.63, 3.8) is 0 Å². The van der Waals surface area contributed by atoms with E-state index in [1.165, 1.54) is 6.92 Å². The molecule has 0 aromatic heterocycles. The summed E-state index contributed by atoms with van der Waals surface area (Å²) >= 11 is 0. The van der Waals surface area contributed by atoms with Crippen molar-refractivity contribution in [3.05, 3.63) is 35.9 Å². The minimum atomic E-state index is -1.49. The average Bonchev–Trinajstić information content (AvgIpc) is 2.42. The van der Waals surface area contributed by atoms with Crippen LogP contribution >= 0.6 is 0 Å². The van der Waals surface area contributed by atoms with Crippen LogP contribution in [0.15, 0.2) is 30.3 Å². The molecule has 6 heteroatoms. The molecule has 1 aliphatic rings. The van der Waals surface area contributed by atoms with Crippen LogP contribution in [-0.4, -0.2) is 52.0 Å². The Morgan fingerprint density at radius 3 is 2.42 bits per heavy atom. The molecule has 19 heavy (non-hydrogen) atoms. The highest BCUT2D eigenvalue weighted by molar-refractivity contribution is 5.89. The Balaban J connectivity index is 2.10. The highest BCUT2D eigenvalue weighted by atomic mass is 16.6. The fraction of sp³-hybridized carbons (Fsp3) is 0.462. The van der Waals surface area contributed by atoms with E-state index in [0.717, 1.165) is 0 Å². The van der Waals surface area contributed by atoms with Gasteiger partial charge in [0.05, 0.1) is 11.7 Å². The Labute approximate surface area is 110 Å². The SMILES string of the molecule is C[C@@H]1O[C@@H](O)[C@@H](O)[C@H](OC(=O)c2ccccc2)[C@@H]1O. The van der Waals surface area contributed by atoms with Crippen molar-refractivity contribution in [1.29, 1.82) is 0 Å². The van der Waals surface area contributed by atoms with Crippen molar-refractivity contribution in [1.82, 2.24) is 0 Å². The van der Waals surface area contributed by atoms with Crippen LogP contribution in [0.4, 0.5) is 0 Å². The largest absolute Gasteiger partial charge is 0.453 e. The summed E-state index contributed by atoms with van der Waals surface area (Å²) in [7, 11) is 0. The Kier molecular flexibility index (Phi) is 4.16. The van der Waals surface area contributed by atoms with Crippen molar-refractivity contribution >= 4 is 5.97 Å². The van der Waals surface area contributed by atoms with Crippen LogP contribution in [0.25, 0.3) is 0 Å². The van der Waals surface area contributed by atoms with Gasteiger partial charge in [0, 0.05) is 0 Å². The molecule has 6 nitrogen and oxygen atoms in total. The van der Waals surface area contributed by atoms with Crippen LogP contribution in [-0.2, 0) is 9.47 Å². The molecule has 0 radical (unpaired) electrons. The Hall–Kier alpha value is -1.47. The standard InChI is InChI=1S/C13H16O6/c1-7-9(14)11(10(15)13(17)18-7)19-12(16)8-5-3-2-4-6-8/h2-7,9-11,13-15,17H,1H3/t7-,9+,10-,11+,13+/m0/s1. The van der Waals surface area contributed by atoms with Crippen LogP contribution in [0.2, 0.25) is 0 Å². The molecule has 0 spiro atoms. The number of carbonyl (C=O) groups is 1. The third-order valence-corrected chi connectivity index (χ3v) is 3.05. The molecule has 0 unspecified atom stereocenters. The third kappa shape index (κ3) is 2.93. The number of ether oxygens (including phenoxy) is 2. The molecule has 1 heterocycles. The van der Waals surface area contributed by atoms with Gasteiger partial charge in [-0.3, -0.25) is 0 Å². The summed E-state index contributed by atoms with van der Waals surface area (Å²) in [5.41, 5.74) is 0.301. The molecule has 1 aromatic carbocycles. The van der Waals surface area contributed by atoms with Crippen LogP contribution in [0.3, 0.4) is 0 Å². The van der Waals surface area contributed by atoms with Gasteiger partial charge in [0.1, 0.15) is 12.2 Å². The number of carbonyl (C=O) groups excluding carboxylic acids is 1. The van der Waals surface area contributed by atoms with Gasteiger partial charge in [-0.1, -0.05) is 18.2 Å². The predicted octanol–water partition coefficient (Wildman–Crippen LogP) is -0.329. The van der Waals surface area contributed by atoms with Gasteiger partial charge in [-0.15, -0.1) is 0 Å². The second-order valence-corrected chi connectivity index (χ2v) is 4.45. The molecule has 1 saturated heterocycles. The molecule has 104 valence electrons. The van der Waals surface area contributed by atoms with E-state index >= 15 is 0 Å². The summed E-state index contributed by atoms with van der Waals surface area (Å²) in [5, 5.41) is 29.0. The minimum Gasteiger partial charge on any atom is -0.453 e. The molecule has 0 bridgehead atoms. The zero-order chi connectivity index (χ0) is 14.0. The van der Waals surface area contributed by atoms with Gasteiger partial charge in [0.2, 0.25) is 0 Å². The first-order valence-corrected chi connectivity index (χ1v) is 5.96. The third-order valence-electron chi connectivity index (χ3n) is 3.05. The topological polar surface area (TPSA) is 96.2 Å². The molecule has 1 fully saturated rings. The predicted molar refractivity (Wildman–Crippen MR) is 64.2 cm³/mol. The van der Waals surface area contributed by atoms with Gasteiger partial charge in [0.15, 0.2) is 12.4 Å². The summed E-state index contributed by atoms with van der Waals surface area (Å²) in [6.45, 7) is 1.52. The second-order valence-electron chi connectivity index (χ2n) is 4.45. The van der Waals surface area contributed by atoms with Crippen molar-refractivity contribution in [2.45, 2.75) is 37.6 Å². The molecule has 0 aliphatic carbocycles. The number of benzene rings is 1. The lowest BCUT2D eigenvalue weighted by Crippen LogP contribution is -2.58. The Morgan fingerprint density at radius 1 is 1.16 bits per heavy atom. The Morgan fingerprint density at radius 2 is 1.79 bits per heavy atom. The maximum Gasteiger partial charge on any atom is 0.338 e. The van der Waals surface area contributed by atoms with E-state index in [1.807, 2.05) is 0 Å². The zero-order valence-corrected chi connectivity index (χ0v) is 10.3. The summed E-state index contributed by atoms with van der Waals surface area (Å²) in [5.74, 6) is -0.676. The van der Waals surface area contributed by atoms with E-state index in [-0.39, 0.29) is 0 Å². The molecular weight excluding hydrogens is 252 g/mol. The number of esters is 1. The lowest BCUT2D eigenvalue weighted by molar-refractivity contribution is -0.276. The highest BCUT2D eigenvalue weighted by Gasteiger charge is 2.44. The van der Waals surface area contributed by atoms with E-state index in [2.05, 4.69) is 0 Å². The molecule has 5 atom stereocenters. The molecule has 2 rings (SSSR count). The second kappa shape index (κ2) is 5.66. The highest BCUT2D eigenvalue weighted by Crippen LogP contribution is 2.23. The van der Waals surface area contributed by atoms with Gasteiger partial charge in [-0.25, -0.2) is 4.79 Å². The van der Waals surface area contributed by atoms with Crippen molar-refractivity contribution < 1.29 is 29.6 Å². The average molecular weight is 268 g/mol. The number of aliphatic hydroxyl groups is 3. The molecule has 1 aromatic rings. The van der Waals surface area contributed by atoms with Gasteiger partial charge < -0.3 is 24.8 Å². The Bertz CT molecular complexity index is 420. The first-order valence-electron chi connectivity index (χ1n) is 5.96. The van der Waals surface area contributed by atoms with Gasteiger partial charge >= 0.3 is 5.97 Å². The van der Waals surface area contributed by atoms with Crippen molar-refractivity contribution in [2.75, 3.05) is 0 Å². The lowest BCUT2D eigenvalue weighted by Gasteiger charge is -2.38. The number of hydrogen-bond donors (Lipinski definition) is 3. The van der Waals surface area contributed by atoms with E-state index in [1.54, 1.807) is 30.3 Å². The molecule has 1 aliphatic heterocycles. The maximum absolute atomic E-state index is 11.9. The number of rotatable bonds is 2. The maximum atomic E-state index is 11.9. The lowest BCUT2D eigenvalue weighted by atomic mass is 9.99. The van der Waals surface area contributed by atoms with E-state index in [4.69, 9.17) is 9.47 Å². The molecule has 0 saturated carbocycles. The molecular formula is C13H16O6. The van der Waals surface area contributed by atoms with E-state index in [0.29, 0.717) is 5.56 Å². The number of aliphatic hydroxyl groups excluding tert-OH is 3. The quantitative estimate of drug-likeness (QED) is 0.636.